The van der Waals surface area contributed by atoms with E-state index >= 15 is 0 Å². The standard InChI is InChI=1S/C16H25N/c1-5-8-17-15-7-6-12(3)16-13(4)9-11(2)10-14(15)16/h9-10,12,15,17H,5-8H2,1-4H3. The zero-order valence-corrected chi connectivity index (χ0v) is 11.6. The third kappa shape index (κ3) is 2.55. The zero-order chi connectivity index (χ0) is 12.4. The molecule has 0 spiro atoms. The number of hydrogen-bond donors (Lipinski definition) is 1. The van der Waals surface area contributed by atoms with Gasteiger partial charge in [0, 0.05) is 6.04 Å². The molecule has 0 aliphatic heterocycles. The van der Waals surface area contributed by atoms with Crippen LogP contribution >= 0.6 is 0 Å². The number of rotatable bonds is 3. The molecule has 0 amide bonds. The first-order valence-corrected chi connectivity index (χ1v) is 6.98. The van der Waals surface area contributed by atoms with Crippen LogP contribution in [-0.4, -0.2) is 6.54 Å². The van der Waals surface area contributed by atoms with Gasteiger partial charge in [0.15, 0.2) is 0 Å². The summed E-state index contributed by atoms with van der Waals surface area (Å²) in [5.41, 5.74) is 6.05. The molecular weight excluding hydrogens is 206 g/mol. The number of hydrogen-bond acceptors (Lipinski definition) is 1. The Bertz CT molecular complexity index is 395. The van der Waals surface area contributed by atoms with E-state index in [2.05, 4.69) is 45.1 Å². The van der Waals surface area contributed by atoms with Crippen LogP contribution in [0.15, 0.2) is 12.1 Å². The average Bonchev–Trinajstić information content (AvgIpc) is 2.27. The molecule has 1 heteroatoms. The molecule has 2 atom stereocenters. The Morgan fingerprint density at radius 3 is 2.71 bits per heavy atom. The largest absolute Gasteiger partial charge is 0.310 e. The van der Waals surface area contributed by atoms with E-state index in [4.69, 9.17) is 0 Å². The summed E-state index contributed by atoms with van der Waals surface area (Å²) in [4.78, 5) is 0. The van der Waals surface area contributed by atoms with E-state index in [1.54, 1.807) is 11.1 Å². The monoisotopic (exact) mass is 231 g/mol. The zero-order valence-electron chi connectivity index (χ0n) is 11.6. The number of nitrogens with one attached hydrogen (secondary N) is 1. The smallest absolute Gasteiger partial charge is 0.0323 e. The Morgan fingerprint density at radius 2 is 2.00 bits per heavy atom. The molecule has 0 saturated heterocycles. The lowest BCUT2D eigenvalue weighted by molar-refractivity contribution is 0.431. The Balaban J connectivity index is 2.37. The van der Waals surface area contributed by atoms with Crippen molar-refractivity contribution in [2.45, 2.75) is 58.9 Å². The lowest BCUT2D eigenvalue weighted by Gasteiger charge is -2.32. The Labute approximate surface area is 106 Å². The summed E-state index contributed by atoms with van der Waals surface area (Å²) >= 11 is 0. The minimum Gasteiger partial charge on any atom is -0.310 e. The van der Waals surface area contributed by atoms with Crippen LogP contribution in [0.2, 0.25) is 0 Å². The van der Waals surface area contributed by atoms with E-state index in [-0.39, 0.29) is 0 Å². The van der Waals surface area contributed by atoms with E-state index in [1.165, 1.54) is 30.4 Å². The number of benzene rings is 1. The second kappa shape index (κ2) is 5.22. The summed E-state index contributed by atoms with van der Waals surface area (Å²) in [7, 11) is 0. The van der Waals surface area contributed by atoms with Crippen LogP contribution < -0.4 is 5.32 Å². The summed E-state index contributed by atoms with van der Waals surface area (Å²) in [5, 5.41) is 3.70. The molecule has 94 valence electrons. The highest BCUT2D eigenvalue weighted by atomic mass is 14.9. The van der Waals surface area contributed by atoms with Gasteiger partial charge in [-0.15, -0.1) is 0 Å². The highest BCUT2D eigenvalue weighted by Gasteiger charge is 2.25. The molecule has 2 unspecified atom stereocenters. The van der Waals surface area contributed by atoms with E-state index in [9.17, 15) is 0 Å². The second-order valence-electron chi connectivity index (χ2n) is 5.57. The number of fused-ring (bicyclic) bond motifs is 1. The Kier molecular flexibility index (Phi) is 3.88. The summed E-state index contributed by atoms with van der Waals surface area (Å²) in [6, 6.07) is 5.31. The molecule has 17 heavy (non-hydrogen) atoms. The van der Waals surface area contributed by atoms with Crippen molar-refractivity contribution in [1.29, 1.82) is 0 Å². The third-order valence-corrected chi connectivity index (χ3v) is 3.96. The minimum absolute atomic E-state index is 0.583. The maximum Gasteiger partial charge on any atom is 0.0323 e. The first-order valence-electron chi connectivity index (χ1n) is 6.98. The van der Waals surface area contributed by atoms with Gasteiger partial charge < -0.3 is 5.32 Å². The van der Waals surface area contributed by atoms with Crippen molar-refractivity contribution in [1.82, 2.24) is 5.32 Å². The van der Waals surface area contributed by atoms with Crippen molar-refractivity contribution < 1.29 is 0 Å². The fourth-order valence-corrected chi connectivity index (χ4v) is 3.22. The first-order chi connectivity index (χ1) is 8.13. The molecular formula is C16H25N. The van der Waals surface area contributed by atoms with Crippen molar-refractivity contribution in [3.63, 3.8) is 0 Å². The van der Waals surface area contributed by atoms with Crippen LogP contribution in [0.5, 0.6) is 0 Å². The predicted octanol–water partition coefficient (Wildman–Crippen LogP) is 4.24. The molecule has 0 fully saturated rings. The molecule has 0 heterocycles. The quantitative estimate of drug-likeness (QED) is 0.820. The van der Waals surface area contributed by atoms with Crippen LogP contribution in [0.4, 0.5) is 0 Å². The van der Waals surface area contributed by atoms with Crippen LogP contribution in [0.25, 0.3) is 0 Å². The summed E-state index contributed by atoms with van der Waals surface area (Å²) in [6.07, 6.45) is 3.82. The molecule has 1 aromatic carbocycles. The SMILES string of the molecule is CCCNC1CCC(C)c2c(C)cc(C)cc21. The topological polar surface area (TPSA) is 12.0 Å². The molecule has 1 aliphatic rings. The van der Waals surface area contributed by atoms with Gasteiger partial charge in [-0.25, -0.2) is 0 Å². The van der Waals surface area contributed by atoms with Gasteiger partial charge in [-0.2, -0.15) is 0 Å². The maximum absolute atomic E-state index is 3.70. The van der Waals surface area contributed by atoms with Gasteiger partial charge >= 0.3 is 0 Å². The van der Waals surface area contributed by atoms with Gasteiger partial charge in [0.25, 0.3) is 0 Å². The molecule has 1 N–H and O–H groups in total. The lowest BCUT2D eigenvalue weighted by Crippen LogP contribution is -2.27. The van der Waals surface area contributed by atoms with Gasteiger partial charge in [-0.05, 0) is 62.3 Å². The molecule has 1 nitrogen and oxygen atoms in total. The molecule has 2 rings (SSSR count). The van der Waals surface area contributed by atoms with Crippen LogP contribution in [0.3, 0.4) is 0 Å². The fraction of sp³-hybridized carbons (Fsp3) is 0.625. The van der Waals surface area contributed by atoms with Crippen molar-refractivity contribution in [3.8, 4) is 0 Å². The third-order valence-electron chi connectivity index (χ3n) is 3.96. The van der Waals surface area contributed by atoms with Gasteiger partial charge in [0.1, 0.15) is 0 Å². The average molecular weight is 231 g/mol. The van der Waals surface area contributed by atoms with Gasteiger partial charge in [0.2, 0.25) is 0 Å². The Hall–Kier alpha value is -0.820. The van der Waals surface area contributed by atoms with Crippen LogP contribution in [-0.2, 0) is 0 Å². The number of aryl methyl sites for hydroxylation is 2. The van der Waals surface area contributed by atoms with E-state index in [1.807, 2.05) is 0 Å². The van der Waals surface area contributed by atoms with Gasteiger partial charge in [0.05, 0.1) is 0 Å². The minimum atomic E-state index is 0.583. The predicted molar refractivity (Wildman–Crippen MR) is 74.6 cm³/mol. The highest BCUT2D eigenvalue weighted by molar-refractivity contribution is 5.43. The first kappa shape index (κ1) is 12.6. The molecule has 0 bridgehead atoms. The van der Waals surface area contributed by atoms with E-state index in [0.29, 0.717) is 6.04 Å². The van der Waals surface area contributed by atoms with E-state index in [0.717, 1.165) is 12.5 Å². The normalized spacial score (nSPS) is 23.5. The van der Waals surface area contributed by atoms with Crippen molar-refractivity contribution >= 4 is 0 Å². The molecule has 1 aliphatic carbocycles. The van der Waals surface area contributed by atoms with E-state index < -0.39 is 0 Å². The summed E-state index contributed by atoms with van der Waals surface area (Å²) in [6.45, 7) is 10.2. The highest BCUT2D eigenvalue weighted by Crippen LogP contribution is 2.39. The summed E-state index contributed by atoms with van der Waals surface area (Å²) in [5.74, 6) is 0.727. The van der Waals surface area contributed by atoms with Gasteiger partial charge in [-0.3, -0.25) is 0 Å². The lowest BCUT2D eigenvalue weighted by atomic mass is 9.78. The van der Waals surface area contributed by atoms with Crippen LogP contribution in [0, 0.1) is 13.8 Å². The summed E-state index contributed by atoms with van der Waals surface area (Å²) < 4.78 is 0. The van der Waals surface area contributed by atoms with Crippen molar-refractivity contribution in [2.24, 2.45) is 0 Å². The fourth-order valence-electron chi connectivity index (χ4n) is 3.22. The van der Waals surface area contributed by atoms with Crippen molar-refractivity contribution in [2.75, 3.05) is 6.54 Å². The molecule has 0 aromatic heterocycles. The second-order valence-corrected chi connectivity index (χ2v) is 5.57. The van der Waals surface area contributed by atoms with Gasteiger partial charge in [-0.1, -0.05) is 31.5 Å². The Morgan fingerprint density at radius 1 is 1.24 bits per heavy atom. The molecule has 1 aromatic rings. The maximum atomic E-state index is 3.70. The molecule has 0 saturated carbocycles. The molecule has 0 radical (unpaired) electrons. The van der Waals surface area contributed by atoms with Crippen molar-refractivity contribution in [3.05, 3.63) is 34.4 Å². The van der Waals surface area contributed by atoms with Crippen LogP contribution in [0.1, 0.15) is 67.3 Å².